The Labute approximate surface area is 125 Å². The highest BCUT2D eigenvalue weighted by atomic mass is 16.5. The van der Waals surface area contributed by atoms with E-state index < -0.39 is 0 Å². The maximum atomic E-state index is 11.7. The summed E-state index contributed by atoms with van der Waals surface area (Å²) in [6.07, 6.45) is 7.82. The highest BCUT2D eigenvalue weighted by Crippen LogP contribution is 2.26. The molecule has 0 aliphatic carbocycles. The van der Waals surface area contributed by atoms with Crippen LogP contribution in [0.25, 0.3) is 0 Å². The number of terminal acetylenes is 1. The first-order chi connectivity index (χ1) is 10.2. The largest absolute Gasteiger partial charge is 0.504 e. The summed E-state index contributed by atoms with van der Waals surface area (Å²) in [5, 5.41) is 12.3. The van der Waals surface area contributed by atoms with E-state index in [-0.39, 0.29) is 11.7 Å². The van der Waals surface area contributed by atoms with Gasteiger partial charge in [-0.25, -0.2) is 0 Å². The zero-order valence-electron chi connectivity index (χ0n) is 12.1. The standard InChI is InChI=1S/C17H19NO3/c1-3-4-5-6-7-8-9-17(20)18-13-14-10-11-15(19)16(12-14)21-2/h1,10-12,19H,6-9,13H2,2H3,(H,18,20). The van der Waals surface area contributed by atoms with E-state index in [1.165, 1.54) is 7.11 Å². The highest BCUT2D eigenvalue weighted by Gasteiger charge is 2.04. The van der Waals surface area contributed by atoms with Crippen molar-refractivity contribution in [1.29, 1.82) is 0 Å². The van der Waals surface area contributed by atoms with Gasteiger partial charge in [-0.1, -0.05) is 12.0 Å². The van der Waals surface area contributed by atoms with Crippen LogP contribution < -0.4 is 10.1 Å². The summed E-state index contributed by atoms with van der Waals surface area (Å²) >= 11 is 0. The van der Waals surface area contributed by atoms with E-state index in [0.29, 0.717) is 25.1 Å². The number of rotatable bonds is 7. The molecule has 0 heterocycles. The van der Waals surface area contributed by atoms with Crippen LogP contribution in [0, 0.1) is 24.2 Å². The van der Waals surface area contributed by atoms with Crippen molar-refractivity contribution >= 4 is 5.91 Å². The number of unbranched alkanes of at least 4 members (excludes halogenated alkanes) is 2. The van der Waals surface area contributed by atoms with Crippen molar-refractivity contribution in [2.45, 2.75) is 32.2 Å². The number of amides is 1. The number of hydrogen-bond donors (Lipinski definition) is 2. The van der Waals surface area contributed by atoms with Crippen LogP contribution in [-0.2, 0) is 11.3 Å². The summed E-state index contributed by atoms with van der Waals surface area (Å²) in [6.45, 7) is 0.409. The molecule has 2 N–H and O–H groups in total. The number of carbonyl (C=O) groups excluding carboxylic acids is 1. The molecule has 0 bridgehead atoms. The molecule has 0 radical (unpaired) electrons. The first kappa shape index (κ1) is 16.5. The molecule has 0 saturated carbocycles. The molecule has 1 rings (SSSR count). The van der Waals surface area contributed by atoms with Gasteiger partial charge in [0.25, 0.3) is 0 Å². The Kier molecular flexibility index (Phi) is 7.32. The smallest absolute Gasteiger partial charge is 0.220 e. The molecule has 1 aromatic carbocycles. The minimum absolute atomic E-state index is 0.00745. The van der Waals surface area contributed by atoms with Crippen molar-refractivity contribution in [3.05, 3.63) is 23.8 Å². The first-order valence-electron chi connectivity index (χ1n) is 6.73. The molecule has 4 nitrogen and oxygen atoms in total. The average molecular weight is 285 g/mol. The summed E-state index contributed by atoms with van der Waals surface area (Å²) in [4.78, 5) is 11.7. The lowest BCUT2D eigenvalue weighted by molar-refractivity contribution is -0.121. The first-order valence-corrected chi connectivity index (χ1v) is 6.73. The predicted molar refractivity (Wildman–Crippen MR) is 81.6 cm³/mol. The van der Waals surface area contributed by atoms with Gasteiger partial charge in [0.1, 0.15) is 0 Å². The maximum Gasteiger partial charge on any atom is 0.220 e. The third-order valence-electron chi connectivity index (χ3n) is 2.85. The Bertz CT molecular complexity index is 576. The summed E-state index contributed by atoms with van der Waals surface area (Å²) in [5.74, 6) is 8.10. The molecule has 110 valence electrons. The lowest BCUT2D eigenvalue weighted by atomic mass is 10.1. The maximum absolute atomic E-state index is 11.7. The second kappa shape index (κ2) is 9.34. The SMILES string of the molecule is C#CC#CCCCCC(=O)NCc1ccc(O)c(OC)c1. The number of phenols is 1. The third kappa shape index (κ3) is 6.40. The van der Waals surface area contributed by atoms with E-state index >= 15 is 0 Å². The number of benzene rings is 1. The molecule has 0 atom stereocenters. The van der Waals surface area contributed by atoms with Crippen LogP contribution in [0.4, 0.5) is 0 Å². The Balaban J connectivity index is 2.28. The number of methoxy groups -OCH3 is 1. The molecule has 4 heteroatoms. The van der Waals surface area contributed by atoms with Gasteiger partial charge in [-0.15, -0.1) is 6.42 Å². The van der Waals surface area contributed by atoms with Crippen LogP contribution in [-0.4, -0.2) is 18.1 Å². The van der Waals surface area contributed by atoms with E-state index in [9.17, 15) is 9.90 Å². The lowest BCUT2D eigenvalue weighted by Crippen LogP contribution is -2.22. The molecule has 1 amide bonds. The monoisotopic (exact) mass is 285 g/mol. The van der Waals surface area contributed by atoms with Crippen molar-refractivity contribution in [3.8, 4) is 35.7 Å². The van der Waals surface area contributed by atoms with Crippen LogP contribution in [0.3, 0.4) is 0 Å². The van der Waals surface area contributed by atoms with Crippen molar-refractivity contribution in [2.24, 2.45) is 0 Å². The summed E-state index contributed by atoms with van der Waals surface area (Å²) in [7, 11) is 1.49. The van der Waals surface area contributed by atoms with Crippen molar-refractivity contribution in [2.75, 3.05) is 7.11 Å². The van der Waals surface area contributed by atoms with Crippen LogP contribution in [0.1, 0.15) is 31.2 Å². The molecule has 0 fully saturated rings. The Morgan fingerprint density at radius 1 is 1.43 bits per heavy atom. The van der Waals surface area contributed by atoms with Crippen molar-refractivity contribution in [3.63, 3.8) is 0 Å². The number of ether oxygens (including phenoxy) is 1. The molecule has 0 aliphatic heterocycles. The number of aromatic hydroxyl groups is 1. The van der Waals surface area contributed by atoms with Crippen LogP contribution in [0.2, 0.25) is 0 Å². The lowest BCUT2D eigenvalue weighted by Gasteiger charge is -2.08. The number of carbonyl (C=O) groups is 1. The Morgan fingerprint density at radius 2 is 2.24 bits per heavy atom. The van der Waals surface area contributed by atoms with Gasteiger partial charge in [-0.3, -0.25) is 4.79 Å². The molecule has 21 heavy (non-hydrogen) atoms. The minimum Gasteiger partial charge on any atom is -0.504 e. The predicted octanol–water partition coefficient (Wildman–Crippen LogP) is 2.21. The summed E-state index contributed by atoms with van der Waals surface area (Å²) in [5.41, 5.74) is 0.873. The van der Waals surface area contributed by atoms with Crippen molar-refractivity contribution in [1.82, 2.24) is 5.32 Å². The third-order valence-corrected chi connectivity index (χ3v) is 2.85. The van der Waals surface area contributed by atoms with Crippen LogP contribution in [0.5, 0.6) is 11.5 Å². The van der Waals surface area contributed by atoms with Gasteiger partial charge in [0, 0.05) is 19.4 Å². The molecule has 0 aromatic heterocycles. The Hall–Kier alpha value is -2.59. The van der Waals surface area contributed by atoms with Gasteiger partial charge in [-0.05, 0) is 42.4 Å². The van der Waals surface area contributed by atoms with Gasteiger partial charge >= 0.3 is 0 Å². The van der Waals surface area contributed by atoms with Gasteiger partial charge < -0.3 is 15.2 Å². The molecular formula is C17H19NO3. The van der Waals surface area contributed by atoms with E-state index in [1.54, 1.807) is 18.2 Å². The van der Waals surface area contributed by atoms with Gasteiger partial charge in [0.05, 0.1) is 7.11 Å². The Morgan fingerprint density at radius 3 is 2.95 bits per heavy atom. The zero-order chi connectivity index (χ0) is 15.5. The number of nitrogens with one attached hydrogen (secondary N) is 1. The number of hydrogen-bond acceptors (Lipinski definition) is 3. The normalized spacial score (nSPS) is 9.14. The highest BCUT2D eigenvalue weighted by molar-refractivity contribution is 5.75. The van der Waals surface area contributed by atoms with Gasteiger partial charge in [0.2, 0.25) is 5.91 Å². The van der Waals surface area contributed by atoms with E-state index in [4.69, 9.17) is 11.2 Å². The molecule has 0 aliphatic rings. The molecular weight excluding hydrogens is 266 g/mol. The summed E-state index contributed by atoms with van der Waals surface area (Å²) in [6, 6.07) is 4.99. The zero-order valence-corrected chi connectivity index (χ0v) is 12.1. The van der Waals surface area contributed by atoms with Gasteiger partial charge in [0.15, 0.2) is 11.5 Å². The fourth-order valence-corrected chi connectivity index (χ4v) is 1.73. The van der Waals surface area contributed by atoms with E-state index in [1.807, 2.05) is 0 Å². The molecule has 0 unspecified atom stereocenters. The fourth-order valence-electron chi connectivity index (χ4n) is 1.73. The van der Waals surface area contributed by atoms with E-state index in [2.05, 4.69) is 23.1 Å². The quantitative estimate of drug-likeness (QED) is 0.596. The second-order valence-corrected chi connectivity index (χ2v) is 4.44. The molecule has 0 saturated heterocycles. The average Bonchev–Trinajstić information content (AvgIpc) is 2.50. The fraction of sp³-hybridized carbons (Fsp3) is 0.353. The molecule has 0 spiro atoms. The van der Waals surface area contributed by atoms with Crippen LogP contribution in [0.15, 0.2) is 18.2 Å². The number of phenolic OH excluding ortho intramolecular Hbond substituents is 1. The van der Waals surface area contributed by atoms with E-state index in [0.717, 1.165) is 18.4 Å². The minimum atomic E-state index is -0.00745. The van der Waals surface area contributed by atoms with Crippen molar-refractivity contribution < 1.29 is 14.6 Å². The van der Waals surface area contributed by atoms with Gasteiger partial charge in [-0.2, -0.15) is 0 Å². The summed E-state index contributed by atoms with van der Waals surface area (Å²) < 4.78 is 5.01. The topological polar surface area (TPSA) is 58.6 Å². The van der Waals surface area contributed by atoms with Crippen LogP contribution >= 0.6 is 0 Å². The second-order valence-electron chi connectivity index (χ2n) is 4.44. The molecule has 1 aromatic rings.